The van der Waals surface area contributed by atoms with Gasteiger partial charge in [0.05, 0.1) is 11.0 Å². The van der Waals surface area contributed by atoms with Crippen LogP contribution in [-0.4, -0.2) is 64.1 Å². The minimum Gasteiger partial charge on any atom is -0.341 e. The topological polar surface area (TPSA) is 90.0 Å². The Labute approximate surface area is 144 Å². The summed E-state index contributed by atoms with van der Waals surface area (Å²) in [5, 5.41) is 2.66. The molecular weight excluding hydrogens is 318 g/mol. The monoisotopic (exact) mass is 337 g/mol. The molecule has 1 aromatic carbocycles. The molecule has 0 aliphatic carbocycles. The first-order chi connectivity index (χ1) is 12.2. The van der Waals surface area contributed by atoms with Gasteiger partial charge in [-0.15, -0.1) is 0 Å². The van der Waals surface area contributed by atoms with Gasteiger partial charge < -0.3 is 20.1 Å². The van der Waals surface area contributed by atoms with Crippen molar-refractivity contribution in [2.24, 2.45) is 0 Å². The molecule has 1 saturated heterocycles. The number of aromatic amines is 1. The van der Waals surface area contributed by atoms with Gasteiger partial charge in [0.2, 0.25) is 5.95 Å². The van der Waals surface area contributed by atoms with E-state index in [9.17, 15) is 4.79 Å². The Morgan fingerprint density at radius 2 is 1.92 bits per heavy atom. The summed E-state index contributed by atoms with van der Waals surface area (Å²) in [6, 6.07) is 9.70. The van der Waals surface area contributed by atoms with E-state index in [2.05, 4.69) is 30.2 Å². The number of urea groups is 1. The van der Waals surface area contributed by atoms with Gasteiger partial charge in [-0.05, 0) is 18.2 Å². The molecule has 0 bridgehead atoms. The number of nitrogens with one attached hydrogen (secondary N) is 2. The summed E-state index contributed by atoms with van der Waals surface area (Å²) in [7, 11) is 1.65. The third-order valence-corrected chi connectivity index (χ3v) is 4.34. The third-order valence-electron chi connectivity index (χ3n) is 4.34. The van der Waals surface area contributed by atoms with Gasteiger partial charge in [-0.3, -0.25) is 0 Å². The molecule has 2 aromatic heterocycles. The van der Waals surface area contributed by atoms with E-state index in [4.69, 9.17) is 0 Å². The fourth-order valence-electron chi connectivity index (χ4n) is 2.97. The maximum absolute atomic E-state index is 11.7. The highest BCUT2D eigenvalue weighted by atomic mass is 16.2. The number of aromatic nitrogens is 4. The minimum absolute atomic E-state index is 0.0448. The smallest absolute Gasteiger partial charge is 0.317 e. The maximum Gasteiger partial charge on any atom is 0.317 e. The Bertz CT molecular complexity index is 866. The third kappa shape index (κ3) is 2.98. The van der Waals surface area contributed by atoms with E-state index >= 15 is 0 Å². The van der Waals surface area contributed by atoms with Crippen LogP contribution < -0.4 is 10.2 Å². The highest BCUT2D eigenvalue weighted by Gasteiger charge is 2.22. The summed E-state index contributed by atoms with van der Waals surface area (Å²) < 4.78 is 0. The molecule has 8 nitrogen and oxygen atoms in total. The molecule has 0 radical (unpaired) electrons. The molecule has 3 heterocycles. The van der Waals surface area contributed by atoms with Crippen LogP contribution in [-0.2, 0) is 0 Å². The predicted molar refractivity (Wildman–Crippen MR) is 95.4 cm³/mol. The molecule has 4 rings (SSSR count). The second kappa shape index (κ2) is 6.39. The second-order valence-electron chi connectivity index (χ2n) is 5.87. The SMILES string of the molecule is CNC(=O)N1CCN(c2nccc(-c3nc4ccccc4[nH]3)n2)CC1. The van der Waals surface area contributed by atoms with Crippen molar-refractivity contribution in [3.8, 4) is 11.5 Å². The zero-order valence-corrected chi connectivity index (χ0v) is 13.9. The van der Waals surface area contributed by atoms with Crippen LogP contribution in [0.4, 0.5) is 10.7 Å². The number of amides is 2. The largest absolute Gasteiger partial charge is 0.341 e. The molecule has 128 valence electrons. The fourth-order valence-corrected chi connectivity index (χ4v) is 2.97. The minimum atomic E-state index is -0.0448. The van der Waals surface area contributed by atoms with Crippen LogP contribution >= 0.6 is 0 Å². The summed E-state index contributed by atoms with van der Waals surface area (Å²) in [6.07, 6.45) is 1.75. The maximum atomic E-state index is 11.7. The average Bonchev–Trinajstić information content (AvgIpc) is 3.12. The number of fused-ring (bicyclic) bond motifs is 1. The molecule has 0 spiro atoms. The predicted octanol–water partition coefficient (Wildman–Crippen LogP) is 1.48. The van der Waals surface area contributed by atoms with Gasteiger partial charge >= 0.3 is 6.03 Å². The molecule has 8 heteroatoms. The summed E-state index contributed by atoms with van der Waals surface area (Å²) in [6.45, 7) is 2.71. The number of imidazole rings is 1. The average molecular weight is 337 g/mol. The number of hydrogen-bond acceptors (Lipinski definition) is 5. The summed E-state index contributed by atoms with van der Waals surface area (Å²) >= 11 is 0. The van der Waals surface area contributed by atoms with E-state index in [-0.39, 0.29) is 6.03 Å². The Kier molecular flexibility index (Phi) is 3.93. The number of piperazine rings is 1. The lowest BCUT2D eigenvalue weighted by atomic mass is 10.3. The Hall–Kier alpha value is -3.16. The van der Waals surface area contributed by atoms with Gasteiger partial charge in [0.1, 0.15) is 5.69 Å². The van der Waals surface area contributed by atoms with Crippen molar-refractivity contribution in [3.05, 3.63) is 36.5 Å². The number of H-pyrrole nitrogens is 1. The van der Waals surface area contributed by atoms with Crippen molar-refractivity contribution in [1.82, 2.24) is 30.2 Å². The van der Waals surface area contributed by atoms with Crippen molar-refractivity contribution in [3.63, 3.8) is 0 Å². The van der Waals surface area contributed by atoms with Gasteiger partial charge in [0.25, 0.3) is 0 Å². The lowest BCUT2D eigenvalue weighted by Gasteiger charge is -2.34. The molecule has 1 aliphatic heterocycles. The quantitative estimate of drug-likeness (QED) is 0.739. The second-order valence-corrected chi connectivity index (χ2v) is 5.87. The number of para-hydroxylation sites is 2. The van der Waals surface area contributed by atoms with Gasteiger partial charge in [-0.25, -0.2) is 19.7 Å². The lowest BCUT2D eigenvalue weighted by Crippen LogP contribution is -2.51. The first-order valence-electron chi connectivity index (χ1n) is 8.24. The number of hydrogen-bond donors (Lipinski definition) is 2. The normalized spacial score (nSPS) is 14.8. The highest BCUT2D eigenvalue weighted by molar-refractivity contribution is 5.78. The summed E-state index contributed by atoms with van der Waals surface area (Å²) in [5.74, 6) is 1.39. The number of carbonyl (C=O) groups is 1. The van der Waals surface area contributed by atoms with Crippen LogP contribution in [0.2, 0.25) is 0 Å². The van der Waals surface area contributed by atoms with Gasteiger partial charge in [-0.2, -0.15) is 0 Å². The number of nitrogens with zero attached hydrogens (tertiary/aromatic N) is 5. The van der Waals surface area contributed by atoms with Crippen LogP contribution in [0.15, 0.2) is 36.5 Å². The Balaban J connectivity index is 1.55. The van der Waals surface area contributed by atoms with E-state index in [1.54, 1.807) is 18.1 Å². The van der Waals surface area contributed by atoms with Crippen LogP contribution in [0.3, 0.4) is 0 Å². The van der Waals surface area contributed by atoms with E-state index in [0.29, 0.717) is 32.1 Å². The molecule has 3 aromatic rings. The van der Waals surface area contributed by atoms with Gasteiger partial charge in [0.15, 0.2) is 5.82 Å². The van der Waals surface area contributed by atoms with Crippen LogP contribution in [0.5, 0.6) is 0 Å². The number of carbonyl (C=O) groups excluding carboxylic acids is 1. The number of rotatable bonds is 2. The van der Waals surface area contributed by atoms with Crippen molar-refractivity contribution in [1.29, 1.82) is 0 Å². The summed E-state index contributed by atoms with van der Waals surface area (Å²) in [5.41, 5.74) is 2.66. The first-order valence-corrected chi connectivity index (χ1v) is 8.24. The zero-order valence-electron chi connectivity index (χ0n) is 13.9. The molecule has 0 saturated carbocycles. The van der Waals surface area contributed by atoms with Crippen molar-refractivity contribution in [2.45, 2.75) is 0 Å². The summed E-state index contributed by atoms with van der Waals surface area (Å²) in [4.78, 5) is 32.5. The van der Waals surface area contributed by atoms with E-state index in [1.165, 1.54) is 0 Å². The lowest BCUT2D eigenvalue weighted by molar-refractivity contribution is 0.196. The van der Waals surface area contributed by atoms with E-state index in [0.717, 1.165) is 22.6 Å². The molecular formula is C17H19N7O. The number of anilines is 1. The van der Waals surface area contributed by atoms with Crippen LogP contribution in [0, 0.1) is 0 Å². The molecule has 25 heavy (non-hydrogen) atoms. The van der Waals surface area contributed by atoms with Crippen molar-refractivity contribution >= 4 is 23.0 Å². The van der Waals surface area contributed by atoms with Gasteiger partial charge in [-0.1, -0.05) is 12.1 Å². The first kappa shape index (κ1) is 15.4. The Morgan fingerprint density at radius 1 is 1.12 bits per heavy atom. The van der Waals surface area contributed by atoms with Crippen LogP contribution in [0.25, 0.3) is 22.6 Å². The van der Waals surface area contributed by atoms with Crippen molar-refractivity contribution < 1.29 is 4.79 Å². The Morgan fingerprint density at radius 3 is 2.68 bits per heavy atom. The fraction of sp³-hybridized carbons (Fsp3) is 0.294. The van der Waals surface area contributed by atoms with Crippen LogP contribution in [0.1, 0.15) is 0 Å². The molecule has 1 aliphatic rings. The molecule has 2 N–H and O–H groups in total. The standard InChI is InChI=1S/C17H19N7O/c1-18-17(25)24-10-8-23(9-11-24)16-19-7-6-14(22-16)15-20-12-4-2-3-5-13(12)21-15/h2-7H,8-11H2,1H3,(H,18,25)(H,20,21). The molecule has 0 unspecified atom stereocenters. The van der Waals surface area contributed by atoms with E-state index in [1.807, 2.05) is 30.3 Å². The van der Waals surface area contributed by atoms with Crippen molar-refractivity contribution in [2.75, 3.05) is 38.1 Å². The molecule has 0 atom stereocenters. The molecule has 2 amide bonds. The highest BCUT2D eigenvalue weighted by Crippen LogP contribution is 2.20. The molecule has 1 fully saturated rings. The zero-order chi connectivity index (χ0) is 17.2. The number of benzene rings is 1. The van der Waals surface area contributed by atoms with Gasteiger partial charge in [0, 0.05) is 39.4 Å². The van der Waals surface area contributed by atoms with E-state index < -0.39 is 0 Å².